The molecule has 1 fully saturated rings. The van der Waals surface area contributed by atoms with Crippen LogP contribution < -0.4 is 4.90 Å². The van der Waals surface area contributed by atoms with E-state index in [1.165, 1.54) is 4.31 Å². The lowest BCUT2D eigenvalue weighted by molar-refractivity contribution is 0.0519. The SMILES string of the molecule is CCOC(=O)c1[nH]c(C)c(S(=O)(=O)N2CCN(c3ccccc3)CC2)c1C. The summed E-state index contributed by atoms with van der Waals surface area (Å²) in [6, 6.07) is 9.96. The fourth-order valence-corrected chi connectivity index (χ4v) is 5.31. The zero-order valence-electron chi connectivity index (χ0n) is 15.9. The van der Waals surface area contributed by atoms with E-state index in [9.17, 15) is 13.2 Å². The van der Waals surface area contributed by atoms with Crippen LogP contribution in [-0.4, -0.2) is 56.5 Å². The number of carbonyl (C=O) groups is 1. The lowest BCUT2D eigenvalue weighted by atomic mass is 10.2. The van der Waals surface area contributed by atoms with Crippen LogP contribution in [0.15, 0.2) is 35.2 Å². The van der Waals surface area contributed by atoms with Gasteiger partial charge in [0.15, 0.2) is 0 Å². The van der Waals surface area contributed by atoms with Crippen molar-refractivity contribution in [1.82, 2.24) is 9.29 Å². The van der Waals surface area contributed by atoms with E-state index in [-0.39, 0.29) is 17.2 Å². The highest BCUT2D eigenvalue weighted by molar-refractivity contribution is 7.89. The Morgan fingerprint density at radius 1 is 1.11 bits per heavy atom. The van der Waals surface area contributed by atoms with Crippen molar-refractivity contribution in [3.05, 3.63) is 47.3 Å². The number of benzene rings is 1. The standard InChI is InChI=1S/C19H25N3O4S/c1-4-26-19(23)17-14(2)18(15(3)20-17)27(24,25)22-12-10-21(11-13-22)16-8-6-5-7-9-16/h5-9,20H,4,10-13H2,1-3H3. The summed E-state index contributed by atoms with van der Waals surface area (Å²) in [5, 5.41) is 0. The van der Waals surface area contributed by atoms with Gasteiger partial charge in [0.05, 0.1) is 6.61 Å². The van der Waals surface area contributed by atoms with Crippen LogP contribution in [0.1, 0.15) is 28.7 Å². The third-order valence-corrected chi connectivity index (χ3v) is 6.98. The number of anilines is 1. The number of hydrogen-bond acceptors (Lipinski definition) is 5. The molecule has 3 rings (SSSR count). The molecule has 27 heavy (non-hydrogen) atoms. The summed E-state index contributed by atoms with van der Waals surface area (Å²) in [6.07, 6.45) is 0. The third kappa shape index (κ3) is 3.72. The maximum atomic E-state index is 13.2. The van der Waals surface area contributed by atoms with Gasteiger partial charge in [-0.25, -0.2) is 13.2 Å². The Bertz CT molecular complexity index is 914. The first-order valence-electron chi connectivity index (χ1n) is 9.02. The molecule has 0 aliphatic carbocycles. The Morgan fingerprint density at radius 3 is 2.33 bits per heavy atom. The Morgan fingerprint density at radius 2 is 1.74 bits per heavy atom. The molecule has 8 heteroatoms. The fourth-order valence-electron chi connectivity index (χ4n) is 3.48. The minimum absolute atomic E-state index is 0.179. The number of hydrogen-bond donors (Lipinski definition) is 1. The minimum atomic E-state index is -3.69. The second-order valence-corrected chi connectivity index (χ2v) is 8.40. The number of nitrogens with zero attached hydrogens (tertiary/aromatic N) is 2. The number of nitrogens with one attached hydrogen (secondary N) is 1. The van der Waals surface area contributed by atoms with Gasteiger partial charge in [0, 0.05) is 43.1 Å². The summed E-state index contributed by atoms with van der Waals surface area (Å²) in [7, 11) is -3.69. The summed E-state index contributed by atoms with van der Waals surface area (Å²) in [5.41, 5.74) is 2.17. The first kappa shape index (κ1) is 19.4. The molecule has 0 radical (unpaired) electrons. The summed E-state index contributed by atoms with van der Waals surface area (Å²) in [4.78, 5) is 17.3. The van der Waals surface area contributed by atoms with E-state index in [0.29, 0.717) is 37.4 Å². The average Bonchev–Trinajstić information content (AvgIpc) is 2.98. The van der Waals surface area contributed by atoms with E-state index in [4.69, 9.17) is 4.74 Å². The molecule has 1 aromatic heterocycles. The number of H-pyrrole nitrogens is 1. The molecule has 0 amide bonds. The van der Waals surface area contributed by atoms with E-state index in [0.717, 1.165) is 5.69 Å². The number of rotatable bonds is 5. The molecule has 7 nitrogen and oxygen atoms in total. The van der Waals surface area contributed by atoms with Gasteiger partial charge in [-0.1, -0.05) is 18.2 Å². The number of carbonyl (C=O) groups excluding carboxylic acids is 1. The van der Waals surface area contributed by atoms with Crippen molar-refractivity contribution in [2.75, 3.05) is 37.7 Å². The van der Waals surface area contributed by atoms with Crippen molar-refractivity contribution in [2.45, 2.75) is 25.7 Å². The van der Waals surface area contributed by atoms with Crippen molar-refractivity contribution in [3.63, 3.8) is 0 Å². The first-order chi connectivity index (χ1) is 12.9. The molecule has 1 N–H and O–H groups in total. The quantitative estimate of drug-likeness (QED) is 0.791. The monoisotopic (exact) mass is 391 g/mol. The molecule has 0 unspecified atom stereocenters. The van der Waals surface area contributed by atoms with E-state index < -0.39 is 16.0 Å². The van der Waals surface area contributed by atoms with E-state index in [2.05, 4.69) is 9.88 Å². The smallest absolute Gasteiger partial charge is 0.355 e. The lowest BCUT2D eigenvalue weighted by Crippen LogP contribution is -2.48. The van der Waals surface area contributed by atoms with Gasteiger partial charge in [0.25, 0.3) is 0 Å². The minimum Gasteiger partial charge on any atom is -0.461 e. The predicted octanol–water partition coefficient (Wildman–Crippen LogP) is 2.32. The number of sulfonamides is 1. The molecule has 0 spiro atoms. The normalized spacial score (nSPS) is 15.7. The van der Waals surface area contributed by atoms with E-state index >= 15 is 0 Å². The van der Waals surface area contributed by atoms with Crippen LogP contribution in [0.5, 0.6) is 0 Å². The summed E-state index contributed by atoms with van der Waals surface area (Å²) in [5.74, 6) is -0.534. The summed E-state index contributed by atoms with van der Waals surface area (Å²) >= 11 is 0. The summed E-state index contributed by atoms with van der Waals surface area (Å²) in [6.45, 7) is 7.30. The second kappa shape index (κ2) is 7.74. The molecule has 1 saturated heterocycles. The molecule has 0 bridgehead atoms. The van der Waals surface area contributed by atoms with Crippen LogP contribution >= 0.6 is 0 Å². The third-order valence-electron chi connectivity index (χ3n) is 4.81. The Labute approximate surface area is 160 Å². The molecule has 2 heterocycles. The number of aromatic nitrogens is 1. The van der Waals surface area contributed by atoms with E-state index in [1.807, 2.05) is 30.3 Å². The van der Waals surface area contributed by atoms with Crippen LogP contribution in [0.4, 0.5) is 5.69 Å². The maximum Gasteiger partial charge on any atom is 0.355 e. The van der Waals surface area contributed by atoms with Crippen molar-refractivity contribution < 1.29 is 17.9 Å². The van der Waals surface area contributed by atoms with Crippen molar-refractivity contribution >= 4 is 21.7 Å². The molecule has 0 atom stereocenters. The second-order valence-electron chi connectivity index (χ2n) is 6.53. The van der Waals surface area contributed by atoms with Crippen molar-refractivity contribution in [1.29, 1.82) is 0 Å². The Hall–Kier alpha value is -2.32. The highest BCUT2D eigenvalue weighted by Gasteiger charge is 2.34. The van der Waals surface area contributed by atoms with Crippen molar-refractivity contribution in [2.24, 2.45) is 0 Å². The van der Waals surface area contributed by atoms with Gasteiger partial charge < -0.3 is 14.6 Å². The largest absolute Gasteiger partial charge is 0.461 e. The average molecular weight is 391 g/mol. The number of aromatic amines is 1. The molecule has 1 aliphatic heterocycles. The Kier molecular flexibility index (Phi) is 5.57. The van der Waals surface area contributed by atoms with Gasteiger partial charge in [-0.3, -0.25) is 0 Å². The molecular formula is C19H25N3O4S. The van der Waals surface area contributed by atoms with E-state index in [1.54, 1.807) is 20.8 Å². The summed E-state index contributed by atoms with van der Waals surface area (Å²) < 4.78 is 32.9. The number of aryl methyl sites for hydroxylation is 1. The highest BCUT2D eigenvalue weighted by Crippen LogP contribution is 2.28. The highest BCUT2D eigenvalue weighted by atomic mass is 32.2. The fraction of sp³-hybridized carbons (Fsp3) is 0.421. The zero-order chi connectivity index (χ0) is 19.6. The van der Waals surface area contributed by atoms with Crippen LogP contribution in [0.3, 0.4) is 0 Å². The van der Waals surface area contributed by atoms with Gasteiger partial charge >= 0.3 is 5.97 Å². The van der Waals surface area contributed by atoms with Gasteiger partial charge in [-0.05, 0) is 32.9 Å². The molecule has 2 aromatic rings. The molecule has 146 valence electrons. The maximum absolute atomic E-state index is 13.2. The van der Waals surface area contributed by atoms with Gasteiger partial charge in [-0.2, -0.15) is 4.31 Å². The van der Waals surface area contributed by atoms with Crippen molar-refractivity contribution in [3.8, 4) is 0 Å². The van der Waals surface area contributed by atoms with Gasteiger partial charge in [0.1, 0.15) is 10.6 Å². The first-order valence-corrected chi connectivity index (χ1v) is 10.5. The van der Waals surface area contributed by atoms with Crippen LogP contribution in [-0.2, 0) is 14.8 Å². The molecule has 1 aliphatic rings. The number of esters is 1. The Balaban J connectivity index is 1.81. The zero-order valence-corrected chi connectivity index (χ0v) is 16.7. The number of piperazine rings is 1. The van der Waals surface area contributed by atoms with Crippen LogP contribution in [0, 0.1) is 13.8 Å². The van der Waals surface area contributed by atoms with Gasteiger partial charge in [-0.15, -0.1) is 0 Å². The predicted molar refractivity (Wildman–Crippen MR) is 104 cm³/mol. The molecular weight excluding hydrogens is 366 g/mol. The molecule has 0 saturated carbocycles. The molecule has 1 aromatic carbocycles. The lowest BCUT2D eigenvalue weighted by Gasteiger charge is -2.35. The van der Waals surface area contributed by atoms with Crippen LogP contribution in [0.2, 0.25) is 0 Å². The van der Waals surface area contributed by atoms with Crippen LogP contribution in [0.25, 0.3) is 0 Å². The number of ether oxygens (including phenoxy) is 1. The topological polar surface area (TPSA) is 82.7 Å². The number of para-hydroxylation sites is 1. The van der Waals surface area contributed by atoms with Gasteiger partial charge in [0.2, 0.25) is 10.0 Å².